The molecule has 26 heavy (non-hydrogen) atoms. The molecule has 0 radical (unpaired) electrons. The van der Waals surface area contributed by atoms with E-state index in [1.165, 1.54) is 10.9 Å². The molecule has 2 heterocycles. The number of benzene rings is 1. The van der Waals surface area contributed by atoms with Crippen LogP contribution in [0.1, 0.15) is 19.4 Å². The van der Waals surface area contributed by atoms with E-state index >= 15 is 0 Å². The van der Waals surface area contributed by atoms with Gasteiger partial charge in [0.25, 0.3) is 5.97 Å². The summed E-state index contributed by atoms with van der Waals surface area (Å²) in [5.41, 5.74) is 2.33. The Labute approximate surface area is 153 Å². The summed E-state index contributed by atoms with van der Waals surface area (Å²) in [6, 6.07) is 6.06. The highest BCUT2D eigenvalue weighted by Gasteiger charge is 2.22. The number of aromatic nitrogens is 1. The lowest BCUT2D eigenvalue weighted by Gasteiger charge is -2.33. The van der Waals surface area contributed by atoms with Crippen molar-refractivity contribution in [2.75, 3.05) is 39.8 Å². The fourth-order valence-electron chi connectivity index (χ4n) is 3.02. The Kier molecular flexibility index (Phi) is 7.03. The zero-order valence-electron chi connectivity index (χ0n) is 15.6. The minimum absolute atomic E-state index is 0.245. The van der Waals surface area contributed by atoms with Crippen LogP contribution >= 0.6 is 0 Å². The number of nitrogens with one attached hydrogen (secondary N) is 1. The monoisotopic (exact) mass is 361 g/mol. The molecule has 0 atom stereocenters. The van der Waals surface area contributed by atoms with E-state index < -0.39 is 5.97 Å². The smallest absolute Gasteiger partial charge is 0.300 e. The van der Waals surface area contributed by atoms with Crippen LogP contribution in [0.2, 0.25) is 0 Å². The van der Waals surface area contributed by atoms with Gasteiger partial charge in [0.05, 0.1) is 13.7 Å². The van der Waals surface area contributed by atoms with Crippen molar-refractivity contribution in [3.05, 3.63) is 30.0 Å². The fourth-order valence-corrected chi connectivity index (χ4v) is 3.02. The molecular formula is C19H27N3O4. The number of amides is 1. The number of nitrogens with zero attached hydrogens (tertiary/aromatic N) is 2. The number of aromatic amines is 1. The number of hydrogen-bond donors (Lipinski definition) is 2. The second-order valence-corrected chi connectivity index (χ2v) is 6.24. The van der Waals surface area contributed by atoms with Gasteiger partial charge in [0, 0.05) is 49.7 Å². The number of ether oxygens (including phenoxy) is 1. The van der Waals surface area contributed by atoms with Gasteiger partial charge in [-0.1, -0.05) is 6.92 Å². The number of carbonyl (C=O) groups is 2. The standard InChI is InChI=1S/C17H23N3O2.C2H4O2/c1-3-19-8-9-20(17(21)12-19)7-6-13-11-18-16-10-14(22-2)4-5-15(13)16;1-2(3)4/h4-5,10-11,18H,3,6-9,12H2,1-2H3;1H3,(H,3,4). The van der Waals surface area contributed by atoms with Crippen molar-refractivity contribution in [1.29, 1.82) is 0 Å². The van der Waals surface area contributed by atoms with Gasteiger partial charge < -0.3 is 19.7 Å². The van der Waals surface area contributed by atoms with Crippen LogP contribution in [0.3, 0.4) is 0 Å². The summed E-state index contributed by atoms with van der Waals surface area (Å²) in [6.07, 6.45) is 2.92. The van der Waals surface area contributed by atoms with Gasteiger partial charge in [-0.3, -0.25) is 14.5 Å². The summed E-state index contributed by atoms with van der Waals surface area (Å²) >= 11 is 0. The largest absolute Gasteiger partial charge is 0.497 e. The Hall–Kier alpha value is -2.54. The van der Waals surface area contributed by atoms with Crippen molar-refractivity contribution >= 4 is 22.8 Å². The Morgan fingerprint density at radius 1 is 1.35 bits per heavy atom. The van der Waals surface area contributed by atoms with Gasteiger partial charge >= 0.3 is 0 Å². The summed E-state index contributed by atoms with van der Waals surface area (Å²) < 4.78 is 5.24. The second kappa shape index (κ2) is 9.24. The number of likely N-dealkylation sites (N-methyl/N-ethyl adjacent to an activating group) is 1. The average molecular weight is 361 g/mol. The predicted octanol–water partition coefficient (Wildman–Crippen LogP) is 1.97. The number of piperazine rings is 1. The van der Waals surface area contributed by atoms with Crippen LogP contribution in [-0.4, -0.2) is 71.6 Å². The van der Waals surface area contributed by atoms with E-state index in [9.17, 15) is 4.79 Å². The van der Waals surface area contributed by atoms with E-state index in [4.69, 9.17) is 14.6 Å². The number of methoxy groups -OCH3 is 1. The number of fused-ring (bicyclic) bond motifs is 1. The van der Waals surface area contributed by atoms with E-state index in [2.05, 4.69) is 22.9 Å². The molecule has 3 rings (SSSR count). The molecule has 0 unspecified atom stereocenters. The Morgan fingerprint density at radius 3 is 2.69 bits per heavy atom. The lowest BCUT2D eigenvalue weighted by Crippen LogP contribution is -2.50. The van der Waals surface area contributed by atoms with Crippen molar-refractivity contribution in [1.82, 2.24) is 14.8 Å². The number of carbonyl (C=O) groups excluding carboxylic acids is 1. The van der Waals surface area contributed by atoms with Crippen molar-refractivity contribution in [2.45, 2.75) is 20.3 Å². The molecule has 1 saturated heterocycles. The first-order valence-corrected chi connectivity index (χ1v) is 8.78. The number of carboxylic acid groups (broad SMARTS) is 1. The Morgan fingerprint density at radius 2 is 2.08 bits per heavy atom. The third-order valence-corrected chi connectivity index (χ3v) is 4.47. The van der Waals surface area contributed by atoms with Crippen molar-refractivity contribution < 1.29 is 19.4 Å². The van der Waals surface area contributed by atoms with Gasteiger partial charge in [-0.15, -0.1) is 0 Å². The van der Waals surface area contributed by atoms with Gasteiger partial charge in [-0.05, 0) is 30.7 Å². The zero-order chi connectivity index (χ0) is 19.1. The van der Waals surface area contributed by atoms with Crippen LogP contribution in [-0.2, 0) is 16.0 Å². The first-order chi connectivity index (χ1) is 12.4. The van der Waals surface area contributed by atoms with E-state index in [-0.39, 0.29) is 5.91 Å². The first-order valence-electron chi connectivity index (χ1n) is 8.78. The van der Waals surface area contributed by atoms with Crippen LogP contribution in [0, 0.1) is 0 Å². The van der Waals surface area contributed by atoms with Crippen LogP contribution in [0.15, 0.2) is 24.4 Å². The lowest BCUT2D eigenvalue weighted by atomic mass is 10.1. The minimum Gasteiger partial charge on any atom is -0.497 e. The number of H-pyrrole nitrogens is 1. The Balaban J connectivity index is 0.000000552. The fraction of sp³-hybridized carbons (Fsp3) is 0.474. The van der Waals surface area contributed by atoms with Gasteiger partial charge in [0.2, 0.25) is 5.91 Å². The van der Waals surface area contributed by atoms with Gasteiger partial charge in [0.1, 0.15) is 5.75 Å². The summed E-state index contributed by atoms with van der Waals surface area (Å²) in [5.74, 6) is 0.265. The minimum atomic E-state index is -0.833. The summed E-state index contributed by atoms with van der Waals surface area (Å²) in [6.45, 7) is 7.29. The molecule has 1 aliphatic heterocycles. The molecule has 2 aromatic rings. The molecule has 0 saturated carbocycles. The van der Waals surface area contributed by atoms with E-state index in [1.54, 1.807) is 7.11 Å². The van der Waals surface area contributed by atoms with E-state index in [0.29, 0.717) is 6.54 Å². The maximum atomic E-state index is 12.1. The third kappa shape index (κ3) is 5.23. The molecule has 0 spiro atoms. The quantitative estimate of drug-likeness (QED) is 0.850. The van der Waals surface area contributed by atoms with Crippen molar-refractivity contribution in [3.8, 4) is 5.75 Å². The Bertz CT molecular complexity index is 752. The maximum absolute atomic E-state index is 12.1. The molecule has 7 heteroatoms. The molecular weight excluding hydrogens is 334 g/mol. The van der Waals surface area contributed by atoms with Crippen LogP contribution in [0.5, 0.6) is 5.75 Å². The number of rotatable bonds is 5. The average Bonchev–Trinajstić information content (AvgIpc) is 3.02. The summed E-state index contributed by atoms with van der Waals surface area (Å²) in [4.78, 5) is 28.6. The normalized spacial score (nSPS) is 14.9. The van der Waals surface area contributed by atoms with Gasteiger partial charge in [-0.25, -0.2) is 0 Å². The van der Waals surface area contributed by atoms with Crippen LogP contribution in [0.25, 0.3) is 10.9 Å². The zero-order valence-corrected chi connectivity index (χ0v) is 15.6. The number of aliphatic carboxylic acids is 1. The molecule has 142 valence electrons. The number of carboxylic acids is 1. The molecule has 1 aromatic carbocycles. The highest BCUT2D eigenvalue weighted by molar-refractivity contribution is 5.84. The molecule has 7 nitrogen and oxygen atoms in total. The van der Waals surface area contributed by atoms with Crippen LogP contribution < -0.4 is 4.74 Å². The summed E-state index contributed by atoms with van der Waals surface area (Å²) in [5, 5.41) is 8.63. The third-order valence-electron chi connectivity index (χ3n) is 4.47. The van der Waals surface area contributed by atoms with Gasteiger partial charge in [0.15, 0.2) is 0 Å². The molecule has 1 fully saturated rings. The predicted molar refractivity (Wildman–Crippen MR) is 101 cm³/mol. The SMILES string of the molecule is CC(=O)O.CCN1CCN(CCc2c[nH]c3cc(OC)ccc23)C(=O)C1. The van der Waals surface area contributed by atoms with Crippen molar-refractivity contribution in [3.63, 3.8) is 0 Å². The molecule has 2 N–H and O–H groups in total. The molecule has 1 amide bonds. The summed E-state index contributed by atoms with van der Waals surface area (Å²) in [7, 11) is 1.67. The van der Waals surface area contributed by atoms with Crippen LogP contribution in [0.4, 0.5) is 0 Å². The molecule has 0 bridgehead atoms. The highest BCUT2D eigenvalue weighted by Crippen LogP contribution is 2.23. The molecule has 1 aliphatic rings. The first kappa shape index (κ1) is 19.8. The molecule has 1 aromatic heterocycles. The lowest BCUT2D eigenvalue weighted by molar-refractivity contribution is -0.136. The highest BCUT2D eigenvalue weighted by atomic mass is 16.5. The van der Waals surface area contributed by atoms with Gasteiger partial charge in [-0.2, -0.15) is 0 Å². The maximum Gasteiger partial charge on any atom is 0.300 e. The number of hydrogen-bond acceptors (Lipinski definition) is 4. The van der Waals surface area contributed by atoms with Crippen molar-refractivity contribution in [2.24, 2.45) is 0 Å². The second-order valence-electron chi connectivity index (χ2n) is 6.24. The van der Waals surface area contributed by atoms with E-state index in [0.717, 1.165) is 50.8 Å². The topological polar surface area (TPSA) is 85.9 Å². The van der Waals surface area contributed by atoms with E-state index in [1.807, 2.05) is 23.2 Å². The molecule has 0 aliphatic carbocycles.